The van der Waals surface area contributed by atoms with Crippen molar-refractivity contribution < 1.29 is 18.7 Å². The summed E-state index contributed by atoms with van der Waals surface area (Å²) in [6.45, 7) is 0.321. The highest BCUT2D eigenvalue weighted by molar-refractivity contribution is 6.06. The zero-order valence-corrected chi connectivity index (χ0v) is 18.2. The molecule has 0 fully saturated rings. The molecule has 33 heavy (non-hydrogen) atoms. The van der Waals surface area contributed by atoms with Gasteiger partial charge in [-0.05, 0) is 71.3 Å². The number of methoxy groups -OCH3 is 1. The van der Waals surface area contributed by atoms with Crippen molar-refractivity contribution in [1.29, 1.82) is 0 Å². The van der Waals surface area contributed by atoms with Crippen LogP contribution in [0.25, 0.3) is 17.2 Å². The Morgan fingerprint density at radius 2 is 1.55 bits per heavy atom. The average Bonchev–Trinajstić information content (AvgIpc) is 2.87. The monoisotopic (exact) mass is 438 g/mol. The third kappa shape index (κ3) is 5.74. The van der Waals surface area contributed by atoms with Crippen LogP contribution in [0.15, 0.2) is 103 Å². The van der Waals surface area contributed by atoms with Crippen molar-refractivity contribution in [2.45, 2.75) is 6.61 Å². The third-order valence-corrected chi connectivity index (χ3v) is 5.22. The summed E-state index contributed by atoms with van der Waals surface area (Å²) in [4.78, 5) is 12.3. The number of ether oxygens (including phenoxy) is 2. The van der Waals surface area contributed by atoms with Crippen LogP contribution in [0.2, 0.25) is 0 Å². The van der Waals surface area contributed by atoms with Gasteiger partial charge in [0.1, 0.15) is 23.9 Å². The summed E-state index contributed by atoms with van der Waals surface area (Å²) in [6.07, 6.45) is 3.20. The maximum absolute atomic E-state index is 13.1. The molecule has 0 heterocycles. The van der Waals surface area contributed by atoms with Crippen LogP contribution >= 0.6 is 0 Å². The van der Waals surface area contributed by atoms with E-state index in [1.807, 2.05) is 60.7 Å². The summed E-state index contributed by atoms with van der Waals surface area (Å²) < 4.78 is 24.5. The first kappa shape index (κ1) is 22.0. The van der Waals surface area contributed by atoms with Gasteiger partial charge in [-0.2, -0.15) is 0 Å². The zero-order valence-electron chi connectivity index (χ0n) is 18.2. The molecule has 4 rings (SSSR count). The minimum absolute atomic E-state index is 0.192. The number of ketones is 1. The first-order chi connectivity index (χ1) is 16.1. The van der Waals surface area contributed by atoms with Crippen molar-refractivity contribution in [1.82, 2.24) is 0 Å². The number of allylic oxidation sites excluding steroid dienone is 1. The van der Waals surface area contributed by atoms with Crippen molar-refractivity contribution in [3.63, 3.8) is 0 Å². The summed E-state index contributed by atoms with van der Waals surface area (Å²) in [7, 11) is 1.61. The number of halogens is 1. The number of hydrogen-bond donors (Lipinski definition) is 0. The highest BCUT2D eigenvalue weighted by atomic mass is 19.1. The Balaban J connectivity index is 1.44. The van der Waals surface area contributed by atoms with Gasteiger partial charge in [0.2, 0.25) is 0 Å². The quantitative estimate of drug-likeness (QED) is 0.220. The maximum Gasteiger partial charge on any atom is 0.185 e. The number of hydrogen-bond acceptors (Lipinski definition) is 3. The molecule has 0 radical (unpaired) electrons. The van der Waals surface area contributed by atoms with Gasteiger partial charge in [0.25, 0.3) is 0 Å². The van der Waals surface area contributed by atoms with Gasteiger partial charge in [-0.3, -0.25) is 4.79 Å². The molecular weight excluding hydrogens is 415 g/mol. The lowest BCUT2D eigenvalue weighted by Crippen LogP contribution is -1.99. The molecule has 0 saturated carbocycles. The van der Waals surface area contributed by atoms with Gasteiger partial charge in [0.05, 0.1) is 7.11 Å². The van der Waals surface area contributed by atoms with E-state index in [0.29, 0.717) is 17.9 Å². The van der Waals surface area contributed by atoms with E-state index in [9.17, 15) is 9.18 Å². The number of benzene rings is 4. The van der Waals surface area contributed by atoms with Crippen LogP contribution in [0.1, 0.15) is 21.5 Å². The van der Waals surface area contributed by atoms with Crippen LogP contribution in [-0.4, -0.2) is 12.9 Å². The SMILES string of the molecule is COc1ccc(/C=C/C(=O)c2ccc(F)cc2)cc1COc1ccc(-c2ccccc2)cc1. The van der Waals surface area contributed by atoms with Gasteiger partial charge >= 0.3 is 0 Å². The Hall–Kier alpha value is -4.18. The summed E-state index contributed by atoms with van der Waals surface area (Å²) >= 11 is 0. The summed E-state index contributed by atoms with van der Waals surface area (Å²) in [5.41, 5.74) is 4.41. The number of carbonyl (C=O) groups excluding carboxylic acids is 1. The van der Waals surface area contributed by atoms with Gasteiger partial charge in [-0.25, -0.2) is 4.39 Å². The second-order valence-corrected chi connectivity index (χ2v) is 7.45. The number of rotatable bonds is 8. The van der Waals surface area contributed by atoms with Gasteiger partial charge in [-0.15, -0.1) is 0 Å². The fraction of sp³-hybridized carbons (Fsp3) is 0.0690. The molecule has 0 spiro atoms. The van der Waals surface area contributed by atoms with Gasteiger partial charge in [0, 0.05) is 11.1 Å². The molecule has 0 unspecified atom stereocenters. The van der Waals surface area contributed by atoms with Gasteiger partial charge in [-0.1, -0.05) is 54.6 Å². The third-order valence-electron chi connectivity index (χ3n) is 5.22. The summed E-state index contributed by atoms with van der Waals surface area (Å²) in [5, 5.41) is 0. The molecule has 0 aliphatic heterocycles. The number of carbonyl (C=O) groups is 1. The predicted octanol–water partition coefficient (Wildman–Crippen LogP) is 6.98. The molecule has 3 nitrogen and oxygen atoms in total. The second kappa shape index (κ2) is 10.4. The molecule has 4 heteroatoms. The second-order valence-electron chi connectivity index (χ2n) is 7.45. The molecule has 0 N–H and O–H groups in total. The van der Waals surface area contributed by atoms with E-state index in [0.717, 1.165) is 28.0 Å². The lowest BCUT2D eigenvalue weighted by molar-refractivity contribution is 0.104. The highest BCUT2D eigenvalue weighted by Crippen LogP contribution is 2.25. The van der Waals surface area contributed by atoms with E-state index >= 15 is 0 Å². The van der Waals surface area contributed by atoms with Crippen LogP contribution in [-0.2, 0) is 6.61 Å². The van der Waals surface area contributed by atoms with E-state index in [1.165, 1.54) is 30.3 Å². The Kier molecular flexibility index (Phi) is 6.96. The molecule has 0 amide bonds. The average molecular weight is 438 g/mol. The smallest absolute Gasteiger partial charge is 0.185 e. The molecule has 0 atom stereocenters. The Morgan fingerprint density at radius 1 is 0.848 bits per heavy atom. The standard InChI is InChI=1S/C29H23FO3/c1-32-29-18-8-21(7-17-28(31)24-9-13-26(30)14-10-24)19-25(29)20-33-27-15-11-23(12-16-27)22-5-3-2-4-6-22/h2-19H,20H2,1H3/b17-7+. The van der Waals surface area contributed by atoms with E-state index in [2.05, 4.69) is 12.1 Å². The first-order valence-corrected chi connectivity index (χ1v) is 10.6. The van der Waals surface area contributed by atoms with Crippen LogP contribution in [0, 0.1) is 5.82 Å². The minimum atomic E-state index is -0.370. The van der Waals surface area contributed by atoms with E-state index in [1.54, 1.807) is 13.2 Å². The van der Waals surface area contributed by atoms with Crippen LogP contribution in [0.4, 0.5) is 4.39 Å². The molecule has 4 aromatic rings. The van der Waals surface area contributed by atoms with Crippen LogP contribution < -0.4 is 9.47 Å². The predicted molar refractivity (Wildman–Crippen MR) is 129 cm³/mol. The van der Waals surface area contributed by atoms with Crippen LogP contribution in [0.5, 0.6) is 11.5 Å². The Bertz CT molecular complexity index is 1240. The zero-order chi connectivity index (χ0) is 23.0. The Labute approximate surface area is 192 Å². The first-order valence-electron chi connectivity index (χ1n) is 10.6. The summed E-state index contributed by atoms with van der Waals surface area (Å²) in [6, 6.07) is 29.2. The molecular formula is C29H23FO3. The molecule has 0 bridgehead atoms. The molecule has 0 aliphatic carbocycles. The molecule has 164 valence electrons. The van der Waals surface area contributed by atoms with E-state index in [4.69, 9.17) is 9.47 Å². The van der Waals surface area contributed by atoms with Crippen LogP contribution in [0.3, 0.4) is 0 Å². The molecule has 0 aliphatic rings. The van der Waals surface area contributed by atoms with Gasteiger partial charge < -0.3 is 9.47 Å². The van der Waals surface area contributed by atoms with Crippen molar-refractivity contribution in [2.24, 2.45) is 0 Å². The normalized spacial score (nSPS) is 10.8. The minimum Gasteiger partial charge on any atom is -0.496 e. The van der Waals surface area contributed by atoms with E-state index < -0.39 is 0 Å². The largest absolute Gasteiger partial charge is 0.496 e. The topological polar surface area (TPSA) is 35.5 Å². The lowest BCUT2D eigenvalue weighted by Gasteiger charge is -2.12. The fourth-order valence-corrected chi connectivity index (χ4v) is 3.43. The highest BCUT2D eigenvalue weighted by Gasteiger charge is 2.07. The molecule has 0 aromatic heterocycles. The van der Waals surface area contributed by atoms with Crippen molar-refractivity contribution >= 4 is 11.9 Å². The Morgan fingerprint density at radius 3 is 2.24 bits per heavy atom. The van der Waals surface area contributed by atoms with Crippen molar-refractivity contribution in [3.8, 4) is 22.6 Å². The maximum atomic E-state index is 13.1. The summed E-state index contributed by atoms with van der Waals surface area (Å²) in [5.74, 6) is 0.897. The lowest BCUT2D eigenvalue weighted by atomic mass is 10.1. The van der Waals surface area contributed by atoms with Gasteiger partial charge in [0.15, 0.2) is 5.78 Å². The molecule has 0 saturated heterocycles. The van der Waals surface area contributed by atoms with Crippen molar-refractivity contribution in [2.75, 3.05) is 7.11 Å². The van der Waals surface area contributed by atoms with E-state index in [-0.39, 0.29) is 11.6 Å². The van der Waals surface area contributed by atoms with Crippen molar-refractivity contribution in [3.05, 3.63) is 126 Å². The molecule has 4 aromatic carbocycles. The fourth-order valence-electron chi connectivity index (χ4n) is 3.43.